The van der Waals surface area contributed by atoms with Crippen LogP contribution in [0.4, 0.5) is 5.88 Å². The Morgan fingerprint density at radius 3 is 2.78 bits per heavy atom. The summed E-state index contributed by atoms with van der Waals surface area (Å²) >= 11 is 3.49. The minimum absolute atomic E-state index is 0.426. The normalized spacial score (nSPS) is 16.3. The monoisotopic (exact) mass is 306 g/mol. The minimum atomic E-state index is 0.426. The molecular formula is C14H15BrN2O. The van der Waals surface area contributed by atoms with E-state index < -0.39 is 0 Å². The number of halogens is 1. The van der Waals surface area contributed by atoms with Gasteiger partial charge in [0, 0.05) is 10.4 Å². The fourth-order valence-electron chi connectivity index (χ4n) is 2.73. The summed E-state index contributed by atoms with van der Waals surface area (Å²) in [6.45, 7) is 0. The molecule has 1 aromatic heterocycles. The molecule has 0 bridgehead atoms. The second-order valence-corrected chi connectivity index (χ2v) is 5.71. The third kappa shape index (κ3) is 2.05. The van der Waals surface area contributed by atoms with E-state index in [0.717, 1.165) is 21.3 Å². The summed E-state index contributed by atoms with van der Waals surface area (Å²) in [4.78, 5) is 0. The van der Waals surface area contributed by atoms with E-state index in [0.29, 0.717) is 11.8 Å². The molecule has 0 atom stereocenters. The lowest BCUT2D eigenvalue weighted by Gasteiger charge is -2.08. The maximum Gasteiger partial charge on any atom is 0.230 e. The Labute approximate surface area is 114 Å². The molecule has 2 N–H and O–H groups in total. The first-order chi connectivity index (χ1) is 8.75. The van der Waals surface area contributed by atoms with E-state index in [9.17, 15) is 0 Å². The lowest BCUT2D eigenvalue weighted by Crippen LogP contribution is -1.96. The fourth-order valence-corrected chi connectivity index (χ4v) is 3.13. The Kier molecular flexibility index (Phi) is 3.12. The average molecular weight is 307 g/mol. The molecule has 1 aliphatic carbocycles. The maximum absolute atomic E-state index is 5.95. The Hall–Kier alpha value is -1.29. The summed E-state index contributed by atoms with van der Waals surface area (Å²) in [5.74, 6) is 0.926. The molecule has 4 heteroatoms. The van der Waals surface area contributed by atoms with Crippen LogP contribution in [-0.4, -0.2) is 5.16 Å². The molecule has 1 saturated carbocycles. The molecule has 0 amide bonds. The van der Waals surface area contributed by atoms with Gasteiger partial charge in [-0.3, -0.25) is 0 Å². The third-order valence-corrected chi connectivity index (χ3v) is 4.09. The number of hydrogen-bond donors (Lipinski definition) is 1. The number of aromatic nitrogens is 1. The van der Waals surface area contributed by atoms with Crippen molar-refractivity contribution in [3.8, 4) is 11.1 Å². The van der Waals surface area contributed by atoms with Crippen molar-refractivity contribution in [2.24, 2.45) is 0 Å². The van der Waals surface area contributed by atoms with Gasteiger partial charge in [0.05, 0.1) is 11.3 Å². The molecule has 18 heavy (non-hydrogen) atoms. The Bertz CT molecular complexity index is 559. The van der Waals surface area contributed by atoms with Crippen LogP contribution >= 0.6 is 15.9 Å². The topological polar surface area (TPSA) is 52.0 Å². The van der Waals surface area contributed by atoms with Crippen LogP contribution in [0.5, 0.6) is 0 Å². The predicted octanol–water partition coefficient (Wildman–Crippen LogP) is 4.34. The smallest absolute Gasteiger partial charge is 0.230 e. The van der Waals surface area contributed by atoms with Gasteiger partial charge in [0.25, 0.3) is 0 Å². The predicted molar refractivity (Wildman–Crippen MR) is 75.3 cm³/mol. The summed E-state index contributed by atoms with van der Waals surface area (Å²) in [6.07, 6.45) is 4.92. The number of rotatable bonds is 2. The van der Waals surface area contributed by atoms with Crippen molar-refractivity contribution in [2.45, 2.75) is 31.6 Å². The van der Waals surface area contributed by atoms with Crippen molar-refractivity contribution in [1.82, 2.24) is 5.16 Å². The van der Waals surface area contributed by atoms with Gasteiger partial charge in [-0.05, 0) is 30.5 Å². The van der Waals surface area contributed by atoms with Crippen LogP contribution in [-0.2, 0) is 0 Å². The lowest BCUT2D eigenvalue weighted by atomic mass is 9.96. The van der Waals surface area contributed by atoms with Crippen LogP contribution < -0.4 is 5.73 Å². The minimum Gasteiger partial charge on any atom is -0.367 e. The molecule has 0 unspecified atom stereocenters. The van der Waals surface area contributed by atoms with E-state index in [2.05, 4.69) is 27.2 Å². The molecule has 0 aliphatic heterocycles. The second kappa shape index (κ2) is 4.76. The highest BCUT2D eigenvalue weighted by molar-refractivity contribution is 9.10. The highest BCUT2D eigenvalue weighted by Crippen LogP contribution is 2.41. The first-order valence-electron chi connectivity index (χ1n) is 6.26. The number of nitrogens with two attached hydrogens (primary N) is 1. The van der Waals surface area contributed by atoms with Gasteiger partial charge in [0.1, 0.15) is 0 Å². The van der Waals surface area contributed by atoms with Gasteiger partial charge < -0.3 is 10.3 Å². The molecule has 2 aromatic rings. The summed E-state index contributed by atoms with van der Waals surface area (Å²) in [5, 5.41) is 4.19. The van der Waals surface area contributed by atoms with Gasteiger partial charge in [-0.25, -0.2) is 0 Å². The van der Waals surface area contributed by atoms with E-state index in [4.69, 9.17) is 10.3 Å². The van der Waals surface area contributed by atoms with E-state index in [1.54, 1.807) is 0 Å². The molecule has 3 nitrogen and oxygen atoms in total. The quantitative estimate of drug-likeness (QED) is 0.897. The zero-order valence-electron chi connectivity index (χ0n) is 10.0. The van der Waals surface area contributed by atoms with Gasteiger partial charge in [0.15, 0.2) is 0 Å². The maximum atomic E-state index is 5.95. The summed E-state index contributed by atoms with van der Waals surface area (Å²) in [7, 11) is 0. The zero-order valence-corrected chi connectivity index (χ0v) is 11.6. The van der Waals surface area contributed by atoms with Gasteiger partial charge in [0.2, 0.25) is 5.88 Å². The van der Waals surface area contributed by atoms with Crippen LogP contribution in [0.15, 0.2) is 33.3 Å². The van der Waals surface area contributed by atoms with Crippen LogP contribution in [0.25, 0.3) is 11.1 Å². The standard InChI is InChI=1S/C14H15BrN2O/c15-11-7-3-6-10(8-11)12-13(17-18-14(12)16)9-4-1-2-5-9/h3,6-9H,1-2,4-5,16H2. The van der Waals surface area contributed by atoms with Gasteiger partial charge in [-0.15, -0.1) is 0 Å². The summed E-state index contributed by atoms with van der Waals surface area (Å²) in [6, 6.07) is 8.11. The van der Waals surface area contributed by atoms with Gasteiger partial charge >= 0.3 is 0 Å². The SMILES string of the molecule is Nc1onc(C2CCCC2)c1-c1cccc(Br)c1. The fraction of sp³-hybridized carbons (Fsp3) is 0.357. The Morgan fingerprint density at radius 1 is 1.28 bits per heavy atom. The number of nitrogen functional groups attached to an aromatic ring is 1. The third-order valence-electron chi connectivity index (χ3n) is 3.60. The number of nitrogens with zero attached hydrogens (tertiary/aromatic N) is 1. The summed E-state index contributed by atoms with van der Waals surface area (Å²) < 4.78 is 6.25. The lowest BCUT2D eigenvalue weighted by molar-refractivity contribution is 0.420. The largest absolute Gasteiger partial charge is 0.367 e. The van der Waals surface area contributed by atoms with E-state index >= 15 is 0 Å². The number of hydrogen-bond acceptors (Lipinski definition) is 3. The second-order valence-electron chi connectivity index (χ2n) is 4.80. The first kappa shape index (κ1) is 11.8. The number of anilines is 1. The van der Waals surface area contributed by atoms with Crippen LogP contribution in [0, 0.1) is 0 Å². The summed E-state index contributed by atoms with van der Waals surface area (Å²) in [5.41, 5.74) is 9.03. The molecule has 0 saturated heterocycles. The van der Waals surface area contributed by atoms with Crippen LogP contribution in [0.2, 0.25) is 0 Å². The molecule has 0 spiro atoms. The van der Waals surface area contributed by atoms with Gasteiger partial charge in [-0.1, -0.05) is 46.1 Å². The van der Waals surface area contributed by atoms with Crippen molar-refractivity contribution in [2.75, 3.05) is 5.73 Å². The van der Waals surface area contributed by atoms with Crippen molar-refractivity contribution in [1.29, 1.82) is 0 Å². The highest BCUT2D eigenvalue weighted by atomic mass is 79.9. The molecule has 1 aromatic carbocycles. The first-order valence-corrected chi connectivity index (χ1v) is 7.06. The van der Waals surface area contributed by atoms with Crippen LogP contribution in [0.1, 0.15) is 37.3 Å². The number of benzene rings is 1. The molecule has 1 aliphatic rings. The molecular weight excluding hydrogens is 292 g/mol. The van der Waals surface area contributed by atoms with Gasteiger partial charge in [-0.2, -0.15) is 0 Å². The average Bonchev–Trinajstić information content (AvgIpc) is 2.97. The van der Waals surface area contributed by atoms with Crippen molar-refractivity contribution in [3.05, 3.63) is 34.4 Å². The molecule has 0 radical (unpaired) electrons. The molecule has 1 heterocycles. The zero-order chi connectivity index (χ0) is 12.5. The molecule has 1 fully saturated rings. The van der Waals surface area contributed by atoms with Crippen molar-refractivity contribution < 1.29 is 4.52 Å². The van der Waals surface area contributed by atoms with Crippen LogP contribution in [0.3, 0.4) is 0 Å². The van der Waals surface area contributed by atoms with E-state index in [1.165, 1.54) is 25.7 Å². The van der Waals surface area contributed by atoms with E-state index in [1.807, 2.05) is 18.2 Å². The Balaban J connectivity index is 2.07. The molecule has 3 rings (SSSR count). The highest BCUT2D eigenvalue weighted by Gasteiger charge is 2.26. The van der Waals surface area contributed by atoms with E-state index in [-0.39, 0.29) is 0 Å². The van der Waals surface area contributed by atoms with Crippen molar-refractivity contribution in [3.63, 3.8) is 0 Å². The van der Waals surface area contributed by atoms with Crippen molar-refractivity contribution >= 4 is 21.8 Å². The molecule has 94 valence electrons. The Morgan fingerprint density at radius 2 is 2.06 bits per heavy atom.